The van der Waals surface area contributed by atoms with Gasteiger partial charge in [0.2, 0.25) is 9.84 Å². The molecule has 3 aromatic rings. The molecule has 8 heteroatoms. The first-order chi connectivity index (χ1) is 11.3. The molecule has 3 rings (SSSR count). The number of aryl methyl sites for hydroxylation is 4. The van der Waals surface area contributed by atoms with Gasteiger partial charge in [-0.25, -0.2) is 8.42 Å². The number of hydrogen-bond acceptors (Lipinski definition) is 6. The maximum atomic E-state index is 12.9. The summed E-state index contributed by atoms with van der Waals surface area (Å²) in [6, 6.07) is 7.54. The summed E-state index contributed by atoms with van der Waals surface area (Å²) in [6.07, 6.45) is 0. The van der Waals surface area contributed by atoms with Crippen LogP contribution in [0.1, 0.15) is 28.4 Å². The predicted molar refractivity (Wildman–Crippen MR) is 87.7 cm³/mol. The first-order valence-electron chi connectivity index (χ1n) is 7.43. The van der Waals surface area contributed by atoms with Gasteiger partial charge in [-0.3, -0.25) is 4.57 Å². The van der Waals surface area contributed by atoms with E-state index in [1.165, 1.54) is 0 Å². The molecule has 0 bridgehead atoms. The molecule has 0 aliphatic rings. The molecule has 0 fully saturated rings. The molecule has 0 spiro atoms. The van der Waals surface area contributed by atoms with Crippen LogP contribution in [0.15, 0.2) is 33.9 Å². The van der Waals surface area contributed by atoms with E-state index in [-0.39, 0.29) is 10.9 Å². The molecule has 7 nitrogen and oxygen atoms in total. The Labute approximate surface area is 140 Å². The molecule has 2 aromatic heterocycles. The standard InChI is InChI=1S/C16H18N4O3S/c1-10-6-5-7-14(8-10)20-13(4)17-18-16(20)24(21,22)9-15-11(2)19-23-12(15)3/h5-8H,9H2,1-4H3. The van der Waals surface area contributed by atoms with Gasteiger partial charge in [0.05, 0.1) is 11.4 Å². The van der Waals surface area contributed by atoms with E-state index in [9.17, 15) is 8.42 Å². The van der Waals surface area contributed by atoms with E-state index < -0.39 is 9.84 Å². The van der Waals surface area contributed by atoms with E-state index in [1.54, 1.807) is 25.3 Å². The first kappa shape index (κ1) is 16.4. The van der Waals surface area contributed by atoms with Gasteiger partial charge < -0.3 is 4.52 Å². The van der Waals surface area contributed by atoms with Crippen LogP contribution in [-0.2, 0) is 15.6 Å². The normalized spacial score (nSPS) is 11.8. The number of aromatic nitrogens is 4. The molecule has 0 N–H and O–H groups in total. The zero-order valence-electron chi connectivity index (χ0n) is 13.9. The van der Waals surface area contributed by atoms with Crippen molar-refractivity contribution in [3.8, 4) is 5.69 Å². The molecule has 1 aromatic carbocycles. The molecule has 0 amide bonds. The zero-order chi connectivity index (χ0) is 17.5. The van der Waals surface area contributed by atoms with Crippen molar-refractivity contribution < 1.29 is 12.9 Å². The fourth-order valence-electron chi connectivity index (χ4n) is 2.57. The van der Waals surface area contributed by atoms with E-state index in [1.807, 2.05) is 31.2 Å². The van der Waals surface area contributed by atoms with Crippen LogP contribution >= 0.6 is 0 Å². The van der Waals surface area contributed by atoms with Crippen LogP contribution in [0.3, 0.4) is 0 Å². The third kappa shape index (κ3) is 2.84. The van der Waals surface area contributed by atoms with Crippen LogP contribution in [0.2, 0.25) is 0 Å². The lowest BCUT2D eigenvalue weighted by Gasteiger charge is -2.10. The minimum Gasteiger partial charge on any atom is -0.361 e. The van der Waals surface area contributed by atoms with Gasteiger partial charge in [0.1, 0.15) is 11.6 Å². The van der Waals surface area contributed by atoms with Crippen molar-refractivity contribution in [1.82, 2.24) is 19.9 Å². The molecule has 24 heavy (non-hydrogen) atoms. The lowest BCUT2D eigenvalue weighted by atomic mass is 10.2. The van der Waals surface area contributed by atoms with Gasteiger partial charge in [-0.05, 0) is 45.4 Å². The molecular formula is C16H18N4O3S. The van der Waals surface area contributed by atoms with E-state index in [0.717, 1.165) is 11.3 Å². The van der Waals surface area contributed by atoms with Crippen molar-refractivity contribution in [1.29, 1.82) is 0 Å². The molecule has 0 atom stereocenters. The van der Waals surface area contributed by atoms with Crippen LogP contribution in [0.4, 0.5) is 0 Å². The second-order valence-corrected chi connectivity index (χ2v) is 7.65. The highest BCUT2D eigenvalue weighted by Gasteiger charge is 2.27. The van der Waals surface area contributed by atoms with E-state index in [2.05, 4.69) is 15.4 Å². The third-order valence-electron chi connectivity index (χ3n) is 3.85. The fraction of sp³-hybridized carbons (Fsp3) is 0.312. The summed E-state index contributed by atoms with van der Waals surface area (Å²) in [6.45, 7) is 7.09. The van der Waals surface area contributed by atoms with Gasteiger partial charge in [0, 0.05) is 11.3 Å². The monoisotopic (exact) mass is 346 g/mol. The zero-order valence-corrected chi connectivity index (χ0v) is 14.8. The summed E-state index contributed by atoms with van der Waals surface area (Å²) >= 11 is 0. The summed E-state index contributed by atoms with van der Waals surface area (Å²) in [4.78, 5) is 0. The largest absolute Gasteiger partial charge is 0.361 e. The molecule has 2 heterocycles. The SMILES string of the molecule is Cc1cccc(-n2c(C)nnc2S(=O)(=O)Cc2c(C)noc2C)c1. The lowest BCUT2D eigenvalue weighted by Crippen LogP contribution is -2.13. The van der Waals surface area contributed by atoms with Crippen molar-refractivity contribution in [3.63, 3.8) is 0 Å². The summed E-state index contributed by atoms with van der Waals surface area (Å²) < 4.78 is 32.4. The number of benzene rings is 1. The third-order valence-corrected chi connectivity index (χ3v) is 5.34. The number of hydrogen-bond donors (Lipinski definition) is 0. The van der Waals surface area contributed by atoms with E-state index >= 15 is 0 Å². The summed E-state index contributed by atoms with van der Waals surface area (Å²) in [5.41, 5.74) is 2.87. The maximum absolute atomic E-state index is 12.9. The van der Waals surface area contributed by atoms with Gasteiger partial charge in [0.15, 0.2) is 0 Å². The second kappa shape index (κ2) is 5.86. The Kier molecular flexibility index (Phi) is 4.00. The molecular weight excluding hydrogens is 328 g/mol. The van der Waals surface area contributed by atoms with Gasteiger partial charge in [-0.1, -0.05) is 17.3 Å². The molecule has 0 aliphatic carbocycles. The minimum absolute atomic E-state index is 0.0781. The number of nitrogens with zero attached hydrogens (tertiary/aromatic N) is 4. The van der Waals surface area contributed by atoms with Crippen molar-refractivity contribution in [3.05, 3.63) is 52.7 Å². The fourth-order valence-corrected chi connectivity index (χ4v) is 4.17. The Morgan fingerprint density at radius 1 is 1.12 bits per heavy atom. The predicted octanol–water partition coefficient (Wildman–Crippen LogP) is 2.46. The van der Waals surface area contributed by atoms with Gasteiger partial charge in [0.25, 0.3) is 5.16 Å². The number of sulfone groups is 1. The Morgan fingerprint density at radius 2 is 1.88 bits per heavy atom. The topological polar surface area (TPSA) is 90.9 Å². The van der Waals surface area contributed by atoms with Crippen LogP contribution < -0.4 is 0 Å². The maximum Gasteiger partial charge on any atom is 0.254 e. The highest BCUT2D eigenvalue weighted by Crippen LogP contribution is 2.23. The smallest absolute Gasteiger partial charge is 0.254 e. The Bertz CT molecular complexity index is 983. The molecule has 0 radical (unpaired) electrons. The average molecular weight is 346 g/mol. The van der Waals surface area contributed by atoms with Crippen LogP contribution in [0, 0.1) is 27.7 Å². The summed E-state index contributed by atoms with van der Waals surface area (Å²) in [5.74, 6) is 0.783. The Morgan fingerprint density at radius 3 is 2.50 bits per heavy atom. The molecule has 126 valence electrons. The van der Waals surface area contributed by atoms with Crippen LogP contribution in [-0.4, -0.2) is 28.3 Å². The van der Waals surface area contributed by atoms with Crippen molar-refractivity contribution in [2.75, 3.05) is 0 Å². The first-order valence-corrected chi connectivity index (χ1v) is 9.08. The molecule has 0 saturated heterocycles. The van der Waals surface area contributed by atoms with Gasteiger partial charge in [-0.2, -0.15) is 0 Å². The minimum atomic E-state index is -3.71. The summed E-state index contributed by atoms with van der Waals surface area (Å²) in [5, 5.41) is 11.6. The highest BCUT2D eigenvalue weighted by atomic mass is 32.2. The lowest BCUT2D eigenvalue weighted by molar-refractivity contribution is 0.392. The number of rotatable bonds is 4. The van der Waals surface area contributed by atoms with Crippen LogP contribution in [0.5, 0.6) is 0 Å². The highest BCUT2D eigenvalue weighted by molar-refractivity contribution is 7.90. The quantitative estimate of drug-likeness (QED) is 0.721. The molecule has 0 unspecified atom stereocenters. The second-order valence-electron chi connectivity index (χ2n) is 5.77. The van der Waals surface area contributed by atoms with Crippen molar-refractivity contribution >= 4 is 9.84 Å². The van der Waals surface area contributed by atoms with Gasteiger partial charge in [-0.15, -0.1) is 10.2 Å². The van der Waals surface area contributed by atoms with E-state index in [0.29, 0.717) is 22.8 Å². The Hall–Kier alpha value is -2.48. The van der Waals surface area contributed by atoms with Crippen molar-refractivity contribution in [2.45, 2.75) is 38.6 Å². The van der Waals surface area contributed by atoms with E-state index in [4.69, 9.17) is 4.52 Å². The van der Waals surface area contributed by atoms with Crippen molar-refractivity contribution in [2.24, 2.45) is 0 Å². The average Bonchev–Trinajstić information content (AvgIpc) is 3.05. The molecule has 0 aliphatic heterocycles. The molecule has 0 saturated carbocycles. The Balaban J connectivity index is 2.10. The van der Waals surface area contributed by atoms with Crippen LogP contribution in [0.25, 0.3) is 5.69 Å². The van der Waals surface area contributed by atoms with Gasteiger partial charge >= 0.3 is 0 Å². The summed E-state index contributed by atoms with van der Waals surface area (Å²) in [7, 11) is -3.71.